The number of rotatable bonds is 11. The molecular formula is C18H40N2. The van der Waals surface area contributed by atoms with E-state index >= 15 is 0 Å². The van der Waals surface area contributed by atoms with E-state index in [9.17, 15) is 0 Å². The van der Waals surface area contributed by atoms with Crippen molar-refractivity contribution in [1.82, 2.24) is 11.1 Å². The van der Waals surface area contributed by atoms with Crippen LogP contribution in [0.25, 0.3) is 0 Å². The van der Waals surface area contributed by atoms with E-state index in [-0.39, 0.29) is 6.15 Å². The minimum absolute atomic E-state index is 0. The van der Waals surface area contributed by atoms with Gasteiger partial charge in [0.2, 0.25) is 0 Å². The van der Waals surface area contributed by atoms with Crippen LogP contribution >= 0.6 is 0 Å². The maximum atomic E-state index is 2.71. The second-order valence-corrected chi connectivity index (χ2v) is 6.44. The molecule has 0 unspecified atom stereocenters. The summed E-state index contributed by atoms with van der Waals surface area (Å²) in [7, 11) is 0. The van der Waals surface area contributed by atoms with Crippen LogP contribution in [0, 0.1) is 0 Å². The van der Waals surface area contributed by atoms with Crippen molar-refractivity contribution in [1.29, 1.82) is 0 Å². The standard InChI is InChI=1S/C18H37N.H3N/c1-2-3-4-5-6-7-8-9-10-13-16-19-17-14-11-12-15-18-19;/h2-18H2,1H3;1H3. The largest absolute Gasteiger partial charge is 0.344 e. The van der Waals surface area contributed by atoms with Gasteiger partial charge < -0.3 is 11.1 Å². The van der Waals surface area contributed by atoms with Crippen molar-refractivity contribution in [3.8, 4) is 0 Å². The van der Waals surface area contributed by atoms with Crippen molar-refractivity contribution in [3.63, 3.8) is 0 Å². The molecule has 1 saturated heterocycles. The summed E-state index contributed by atoms with van der Waals surface area (Å²) in [5.74, 6) is 0. The van der Waals surface area contributed by atoms with E-state index in [1.165, 1.54) is 110 Å². The highest BCUT2D eigenvalue weighted by Gasteiger charge is 2.07. The van der Waals surface area contributed by atoms with Crippen molar-refractivity contribution in [2.24, 2.45) is 0 Å². The molecule has 1 heterocycles. The summed E-state index contributed by atoms with van der Waals surface area (Å²) in [6.45, 7) is 6.41. The molecule has 1 aliphatic rings. The van der Waals surface area contributed by atoms with Gasteiger partial charge in [-0.1, -0.05) is 77.6 Å². The van der Waals surface area contributed by atoms with Crippen LogP contribution in [0.4, 0.5) is 0 Å². The van der Waals surface area contributed by atoms with Crippen LogP contribution < -0.4 is 6.15 Å². The van der Waals surface area contributed by atoms with E-state index in [4.69, 9.17) is 0 Å². The van der Waals surface area contributed by atoms with Crippen LogP contribution in [0.3, 0.4) is 0 Å². The van der Waals surface area contributed by atoms with Gasteiger partial charge in [-0.25, -0.2) is 0 Å². The summed E-state index contributed by atoms with van der Waals surface area (Å²) in [5.41, 5.74) is 0. The molecule has 3 N–H and O–H groups in total. The normalized spacial score (nSPS) is 16.6. The Labute approximate surface area is 128 Å². The second-order valence-electron chi connectivity index (χ2n) is 6.44. The first kappa shape index (κ1) is 19.9. The zero-order valence-electron chi connectivity index (χ0n) is 14.2. The fourth-order valence-corrected chi connectivity index (χ4v) is 3.18. The van der Waals surface area contributed by atoms with E-state index in [2.05, 4.69) is 11.8 Å². The van der Waals surface area contributed by atoms with Crippen molar-refractivity contribution in [3.05, 3.63) is 0 Å². The van der Waals surface area contributed by atoms with Crippen molar-refractivity contribution < 1.29 is 0 Å². The van der Waals surface area contributed by atoms with Crippen LogP contribution in [0.1, 0.15) is 96.8 Å². The molecular weight excluding hydrogens is 244 g/mol. The number of nitrogens with zero attached hydrogens (tertiary/aromatic N) is 1. The fourth-order valence-electron chi connectivity index (χ4n) is 3.18. The van der Waals surface area contributed by atoms with Gasteiger partial charge in [0, 0.05) is 0 Å². The zero-order valence-corrected chi connectivity index (χ0v) is 14.2. The number of hydrogen-bond acceptors (Lipinski definition) is 2. The third-order valence-corrected chi connectivity index (χ3v) is 4.53. The average Bonchev–Trinajstić information content (AvgIpc) is 2.69. The van der Waals surface area contributed by atoms with E-state index in [1.54, 1.807) is 0 Å². The molecule has 0 aromatic rings. The first-order valence-corrected chi connectivity index (χ1v) is 9.16. The highest BCUT2D eigenvalue weighted by molar-refractivity contribution is 4.63. The predicted octanol–water partition coefficient (Wildman–Crippen LogP) is 5.95. The molecule has 0 aromatic carbocycles. The maximum Gasteiger partial charge on any atom is -0.00187 e. The van der Waals surface area contributed by atoms with Crippen LogP contribution in [0.2, 0.25) is 0 Å². The smallest absolute Gasteiger partial charge is 0.00187 e. The Bertz CT molecular complexity index is 174. The summed E-state index contributed by atoms with van der Waals surface area (Å²) in [5, 5.41) is 0. The molecule has 1 rings (SSSR count). The molecule has 20 heavy (non-hydrogen) atoms. The summed E-state index contributed by atoms with van der Waals surface area (Å²) >= 11 is 0. The lowest BCUT2D eigenvalue weighted by atomic mass is 10.1. The van der Waals surface area contributed by atoms with E-state index in [0.29, 0.717) is 0 Å². The topological polar surface area (TPSA) is 38.2 Å². The lowest BCUT2D eigenvalue weighted by molar-refractivity contribution is 0.277. The van der Waals surface area contributed by atoms with Gasteiger partial charge in [-0.05, 0) is 38.9 Å². The van der Waals surface area contributed by atoms with Gasteiger partial charge in [0.05, 0.1) is 0 Å². The lowest BCUT2D eigenvalue weighted by Crippen LogP contribution is -2.25. The Morgan fingerprint density at radius 1 is 0.600 bits per heavy atom. The minimum atomic E-state index is 0. The number of unbranched alkanes of at least 4 members (excludes halogenated alkanes) is 9. The number of likely N-dealkylation sites (tertiary alicyclic amines) is 1. The second kappa shape index (κ2) is 15.3. The Hall–Kier alpha value is -0.0800. The van der Waals surface area contributed by atoms with Gasteiger partial charge in [0.1, 0.15) is 0 Å². The van der Waals surface area contributed by atoms with Crippen LogP contribution in [-0.2, 0) is 0 Å². The van der Waals surface area contributed by atoms with Crippen LogP contribution in [0.15, 0.2) is 0 Å². The highest BCUT2D eigenvalue weighted by atomic mass is 15.1. The van der Waals surface area contributed by atoms with Crippen LogP contribution in [0.5, 0.6) is 0 Å². The molecule has 1 fully saturated rings. The van der Waals surface area contributed by atoms with Crippen molar-refractivity contribution in [2.75, 3.05) is 19.6 Å². The Morgan fingerprint density at radius 3 is 1.55 bits per heavy atom. The van der Waals surface area contributed by atoms with Gasteiger partial charge in [-0.2, -0.15) is 0 Å². The molecule has 122 valence electrons. The van der Waals surface area contributed by atoms with Gasteiger partial charge >= 0.3 is 0 Å². The van der Waals surface area contributed by atoms with E-state index in [0.717, 1.165) is 0 Å². The Morgan fingerprint density at radius 2 is 1.05 bits per heavy atom. The van der Waals surface area contributed by atoms with E-state index < -0.39 is 0 Å². The van der Waals surface area contributed by atoms with Gasteiger partial charge in [-0.3, -0.25) is 0 Å². The first-order valence-electron chi connectivity index (χ1n) is 9.16. The molecule has 0 bridgehead atoms. The SMILES string of the molecule is CCCCCCCCCCCCN1CCCCCC1.N. The summed E-state index contributed by atoms with van der Waals surface area (Å²) in [6.07, 6.45) is 20.4. The molecule has 1 aliphatic heterocycles. The molecule has 0 radical (unpaired) electrons. The van der Waals surface area contributed by atoms with E-state index in [1.807, 2.05) is 0 Å². The van der Waals surface area contributed by atoms with Crippen molar-refractivity contribution >= 4 is 0 Å². The Balaban J connectivity index is 0.00000361. The molecule has 0 atom stereocenters. The average molecular weight is 285 g/mol. The summed E-state index contributed by atoms with van der Waals surface area (Å²) < 4.78 is 0. The van der Waals surface area contributed by atoms with Gasteiger partial charge in [0.25, 0.3) is 0 Å². The van der Waals surface area contributed by atoms with Crippen molar-refractivity contribution in [2.45, 2.75) is 96.8 Å². The molecule has 0 saturated carbocycles. The minimum Gasteiger partial charge on any atom is -0.344 e. The van der Waals surface area contributed by atoms with Crippen LogP contribution in [-0.4, -0.2) is 24.5 Å². The quantitative estimate of drug-likeness (QED) is 0.476. The van der Waals surface area contributed by atoms with Gasteiger partial charge in [0.15, 0.2) is 0 Å². The zero-order chi connectivity index (χ0) is 13.6. The maximum absolute atomic E-state index is 2.71. The summed E-state index contributed by atoms with van der Waals surface area (Å²) in [6, 6.07) is 0. The predicted molar refractivity (Wildman–Crippen MR) is 91.8 cm³/mol. The molecule has 2 nitrogen and oxygen atoms in total. The summed E-state index contributed by atoms with van der Waals surface area (Å²) in [4.78, 5) is 2.71. The Kier molecular flexibility index (Phi) is 15.3. The molecule has 0 aliphatic carbocycles. The monoisotopic (exact) mass is 284 g/mol. The third-order valence-electron chi connectivity index (χ3n) is 4.53. The first-order chi connectivity index (χ1) is 9.43. The van der Waals surface area contributed by atoms with Gasteiger partial charge in [-0.15, -0.1) is 0 Å². The lowest BCUT2D eigenvalue weighted by Gasteiger charge is -2.19. The fraction of sp³-hybridized carbons (Fsp3) is 1.00. The molecule has 2 heteroatoms. The number of hydrogen-bond donors (Lipinski definition) is 1. The molecule has 0 amide bonds. The highest BCUT2D eigenvalue weighted by Crippen LogP contribution is 2.13. The molecule has 0 spiro atoms. The molecule has 0 aromatic heterocycles. The third kappa shape index (κ3) is 11.7.